The van der Waals surface area contributed by atoms with Crippen LogP contribution in [-0.2, 0) is 13.0 Å². The highest BCUT2D eigenvalue weighted by molar-refractivity contribution is 5.94. The molecule has 31 heavy (non-hydrogen) atoms. The van der Waals surface area contributed by atoms with Crippen LogP contribution in [0.15, 0.2) is 18.6 Å². The summed E-state index contributed by atoms with van der Waals surface area (Å²) < 4.78 is 39.4. The number of hydrogen-bond donors (Lipinski definition) is 2. The van der Waals surface area contributed by atoms with Crippen molar-refractivity contribution in [2.45, 2.75) is 50.9 Å². The Balaban J connectivity index is 1.44. The number of hydrogen-bond acceptors (Lipinski definition) is 5. The summed E-state index contributed by atoms with van der Waals surface area (Å²) in [6, 6.07) is 2.16. The minimum Gasteiger partial charge on any atom is -0.351 e. The molecule has 0 unspecified atom stereocenters. The van der Waals surface area contributed by atoms with Gasteiger partial charge >= 0.3 is 6.18 Å². The van der Waals surface area contributed by atoms with Gasteiger partial charge in [0, 0.05) is 43.5 Å². The number of anilines is 1. The SMILES string of the molecule is O=C(NCCC(F)(F)F)c1nn(C2CCC2)c2c1CN(c1ncnc3[nH]ccc13)CC2. The molecule has 0 atom stereocenters. The molecule has 8 nitrogen and oxygen atoms in total. The van der Waals surface area contributed by atoms with E-state index < -0.39 is 25.0 Å². The Labute approximate surface area is 175 Å². The lowest BCUT2D eigenvalue weighted by molar-refractivity contribution is -0.133. The van der Waals surface area contributed by atoms with Crippen molar-refractivity contribution in [3.05, 3.63) is 35.5 Å². The molecular formula is C20H22F3N7O. The van der Waals surface area contributed by atoms with E-state index in [-0.39, 0.29) is 11.7 Å². The summed E-state index contributed by atoms with van der Waals surface area (Å²) in [5, 5.41) is 7.84. The third-order valence-corrected chi connectivity index (χ3v) is 6.05. The molecule has 1 fully saturated rings. The van der Waals surface area contributed by atoms with Crippen molar-refractivity contribution in [3.8, 4) is 0 Å². The molecule has 0 saturated heterocycles. The van der Waals surface area contributed by atoms with Crippen LogP contribution in [0.4, 0.5) is 19.0 Å². The molecule has 1 saturated carbocycles. The molecule has 2 N–H and O–H groups in total. The maximum absolute atomic E-state index is 12.8. The van der Waals surface area contributed by atoms with Gasteiger partial charge in [0.25, 0.3) is 5.91 Å². The van der Waals surface area contributed by atoms with Gasteiger partial charge in [-0.1, -0.05) is 0 Å². The Morgan fingerprint density at radius 2 is 2.13 bits per heavy atom. The molecule has 0 spiro atoms. The fourth-order valence-corrected chi connectivity index (χ4v) is 4.25. The van der Waals surface area contributed by atoms with E-state index in [1.807, 2.05) is 10.7 Å². The van der Waals surface area contributed by atoms with Crippen molar-refractivity contribution in [2.75, 3.05) is 18.0 Å². The zero-order chi connectivity index (χ0) is 21.6. The van der Waals surface area contributed by atoms with Crippen LogP contribution >= 0.6 is 0 Å². The van der Waals surface area contributed by atoms with Gasteiger partial charge in [-0.2, -0.15) is 18.3 Å². The quantitative estimate of drug-likeness (QED) is 0.645. The Bertz CT molecular complexity index is 1120. The molecule has 3 aromatic heterocycles. The van der Waals surface area contributed by atoms with E-state index in [1.165, 1.54) is 6.33 Å². The van der Waals surface area contributed by atoms with E-state index in [0.29, 0.717) is 19.5 Å². The van der Waals surface area contributed by atoms with Crippen molar-refractivity contribution in [3.63, 3.8) is 0 Å². The zero-order valence-corrected chi connectivity index (χ0v) is 16.7. The number of carbonyl (C=O) groups excluding carboxylic acids is 1. The molecule has 3 aromatic rings. The highest BCUT2D eigenvalue weighted by Crippen LogP contribution is 2.36. The monoisotopic (exact) mass is 433 g/mol. The van der Waals surface area contributed by atoms with E-state index in [0.717, 1.165) is 47.4 Å². The summed E-state index contributed by atoms with van der Waals surface area (Å²) in [6.45, 7) is 0.659. The van der Waals surface area contributed by atoms with Crippen molar-refractivity contribution in [1.29, 1.82) is 0 Å². The molecule has 1 aliphatic heterocycles. The third kappa shape index (κ3) is 3.72. The average molecular weight is 433 g/mol. The highest BCUT2D eigenvalue weighted by Gasteiger charge is 2.33. The van der Waals surface area contributed by atoms with Crippen LogP contribution in [0.3, 0.4) is 0 Å². The third-order valence-electron chi connectivity index (χ3n) is 6.05. The lowest BCUT2D eigenvalue weighted by Gasteiger charge is -2.32. The number of amides is 1. The summed E-state index contributed by atoms with van der Waals surface area (Å²) >= 11 is 0. The Kier molecular flexibility index (Phi) is 4.82. The van der Waals surface area contributed by atoms with Gasteiger partial charge in [-0.05, 0) is 25.3 Å². The second kappa shape index (κ2) is 7.54. The number of carbonyl (C=O) groups is 1. The van der Waals surface area contributed by atoms with Crippen LogP contribution in [-0.4, -0.2) is 49.9 Å². The van der Waals surface area contributed by atoms with E-state index in [2.05, 4.69) is 30.3 Å². The van der Waals surface area contributed by atoms with Gasteiger partial charge < -0.3 is 15.2 Å². The normalized spacial score (nSPS) is 16.9. The lowest BCUT2D eigenvalue weighted by Crippen LogP contribution is -2.34. The summed E-state index contributed by atoms with van der Waals surface area (Å²) in [5.74, 6) is 0.201. The molecule has 2 aliphatic rings. The van der Waals surface area contributed by atoms with Gasteiger partial charge in [0.15, 0.2) is 5.69 Å². The molecule has 1 amide bonds. The molecule has 0 radical (unpaired) electrons. The average Bonchev–Trinajstić information content (AvgIpc) is 3.30. The highest BCUT2D eigenvalue weighted by atomic mass is 19.4. The summed E-state index contributed by atoms with van der Waals surface area (Å²) in [7, 11) is 0. The van der Waals surface area contributed by atoms with Crippen LogP contribution in [0.25, 0.3) is 11.0 Å². The Hall–Kier alpha value is -3.11. The second-order valence-corrected chi connectivity index (χ2v) is 8.03. The van der Waals surface area contributed by atoms with E-state index in [9.17, 15) is 18.0 Å². The Morgan fingerprint density at radius 3 is 2.87 bits per heavy atom. The number of fused-ring (bicyclic) bond motifs is 2. The van der Waals surface area contributed by atoms with Crippen molar-refractivity contribution >= 4 is 22.8 Å². The molecule has 1 aliphatic carbocycles. The largest absolute Gasteiger partial charge is 0.390 e. The van der Waals surface area contributed by atoms with Crippen molar-refractivity contribution in [2.24, 2.45) is 0 Å². The summed E-state index contributed by atoms with van der Waals surface area (Å²) in [4.78, 5) is 26.6. The smallest absolute Gasteiger partial charge is 0.351 e. The fraction of sp³-hybridized carbons (Fsp3) is 0.500. The topological polar surface area (TPSA) is 91.7 Å². The van der Waals surface area contributed by atoms with E-state index >= 15 is 0 Å². The molecule has 0 aromatic carbocycles. The second-order valence-electron chi connectivity index (χ2n) is 8.03. The maximum Gasteiger partial charge on any atom is 0.390 e. The van der Waals surface area contributed by atoms with Crippen molar-refractivity contribution in [1.82, 2.24) is 30.0 Å². The number of rotatable bonds is 5. The van der Waals surface area contributed by atoms with Gasteiger partial charge in [-0.3, -0.25) is 9.48 Å². The van der Waals surface area contributed by atoms with Gasteiger partial charge in [0.05, 0.1) is 17.8 Å². The number of alkyl halides is 3. The number of nitrogens with one attached hydrogen (secondary N) is 2. The predicted octanol–water partition coefficient (Wildman–Crippen LogP) is 3.12. The van der Waals surface area contributed by atoms with Crippen LogP contribution in [0.1, 0.15) is 53.5 Å². The first kappa shape index (κ1) is 19.8. The number of halogens is 3. The van der Waals surface area contributed by atoms with Gasteiger partial charge in [0.2, 0.25) is 0 Å². The van der Waals surface area contributed by atoms with E-state index in [4.69, 9.17) is 0 Å². The molecule has 5 rings (SSSR count). The van der Waals surface area contributed by atoms with Crippen molar-refractivity contribution < 1.29 is 18.0 Å². The summed E-state index contributed by atoms with van der Waals surface area (Å²) in [5.41, 5.74) is 2.71. The number of H-pyrrole nitrogens is 1. The predicted molar refractivity (Wildman–Crippen MR) is 107 cm³/mol. The van der Waals surface area contributed by atoms with Gasteiger partial charge in [0.1, 0.15) is 17.8 Å². The Morgan fingerprint density at radius 1 is 1.29 bits per heavy atom. The van der Waals surface area contributed by atoms with Crippen LogP contribution in [0.5, 0.6) is 0 Å². The zero-order valence-electron chi connectivity index (χ0n) is 16.7. The first-order valence-corrected chi connectivity index (χ1v) is 10.4. The van der Waals surface area contributed by atoms with E-state index in [1.54, 1.807) is 6.20 Å². The molecular weight excluding hydrogens is 411 g/mol. The summed E-state index contributed by atoms with van der Waals surface area (Å²) in [6.07, 6.45) is 1.71. The standard InChI is InChI=1S/C20H22F3N7O/c21-20(22,23)6-8-25-19(31)16-14-10-29(18-13-4-7-24-17(13)26-11-27-18)9-5-15(14)30(28-16)12-2-1-3-12/h4,7,11-12H,1-3,5-6,8-10H2,(H,25,31)(H,24,26,27). The molecule has 0 bridgehead atoms. The molecule has 4 heterocycles. The number of aromatic amines is 1. The first-order chi connectivity index (χ1) is 14.9. The minimum atomic E-state index is -4.32. The van der Waals surface area contributed by atoms with Crippen LogP contribution in [0, 0.1) is 0 Å². The lowest BCUT2D eigenvalue weighted by atomic mass is 9.92. The minimum absolute atomic E-state index is 0.216. The fourth-order valence-electron chi connectivity index (χ4n) is 4.25. The molecule has 11 heteroatoms. The van der Waals surface area contributed by atoms with Gasteiger partial charge in [-0.25, -0.2) is 9.97 Å². The van der Waals surface area contributed by atoms with Gasteiger partial charge in [-0.15, -0.1) is 0 Å². The first-order valence-electron chi connectivity index (χ1n) is 10.4. The van der Waals surface area contributed by atoms with Crippen LogP contribution < -0.4 is 10.2 Å². The maximum atomic E-state index is 12.8. The van der Waals surface area contributed by atoms with Crippen LogP contribution in [0.2, 0.25) is 0 Å². The number of aromatic nitrogens is 5. The molecule has 164 valence electrons. The number of nitrogens with zero attached hydrogens (tertiary/aromatic N) is 5.